The molecule has 0 unspecified atom stereocenters. The van der Waals surface area contributed by atoms with E-state index < -0.39 is 5.41 Å². The second kappa shape index (κ2) is 10.0. The van der Waals surface area contributed by atoms with Gasteiger partial charge in [-0.15, -0.1) is 0 Å². The van der Waals surface area contributed by atoms with Crippen molar-refractivity contribution in [1.29, 1.82) is 0 Å². The second-order valence-electron chi connectivity index (χ2n) is 6.03. The molecule has 0 aliphatic heterocycles. The standard InChI is InChI=1S/C19H31N3O3/c1-5-19(6-2,14-20)18(24)21-15-10-9-11-16(12-15)25-13-17(23)22(7-3)8-4/h9-12H,5-8,13-14,20H2,1-4H3,(H,21,24). The van der Waals surface area contributed by atoms with Gasteiger partial charge in [0.05, 0.1) is 5.41 Å². The van der Waals surface area contributed by atoms with Crippen molar-refractivity contribution in [2.75, 3.05) is 31.6 Å². The first kappa shape index (κ1) is 21.0. The van der Waals surface area contributed by atoms with Crippen LogP contribution in [0.4, 0.5) is 5.69 Å². The van der Waals surface area contributed by atoms with Crippen LogP contribution in [0.15, 0.2) is 24.3 Å². The third-order valence-corrected chi connectivity index (χ3v) is 4.80. The average molecular weight is 349 g/mol. The average Bonchev–Trinajstić information content (AvgIpc) is 2.63. The maximum Gasteiger partial charge on any atom is 0.260 e. The minimum absolute atomic E-state index is 0.0181. The maximum atomic E-state index is 12.6. The Morgan fingerprint density at radius 1 is 1.16 bits per heavy atom. The molecule has 1 aromatic carbocycles. The third-order valence-electron chi connectivity index (χ3n) is 4.80. The van der Waals surface area contributed by atoms with E-state index in [4.69, 9.17) is 10.5 Å². The van der Waals surface area contributed by atoms with E-state index in [2.05, 4.69) is 5.32 Å². The first-order valence-corrected chi connectivity index (χ1v) is 8.98. The number of nitrogens with zero attached hydrogens (tertiary/aromatic N) is 1. The monoisotopic (exact) mass is 349 g/mol. The van der Waals surface area contributed by atoms with Crippen LogP contribution in [0.3, 0.4) is 0 Å². The van der Waals surface area contributed by atoms with Gasteiger partial charge in [0.2, 0.25) is 5.91 Å². The van der Waals surface area contributed by atoms with Crippen molar-refractivity contribution in [3.8, 4) is 5.75 Å². The van der Waals surface area contributed by atoms with E-state index >= 15 is 0 Å². The van der Waals surface area contributed by atoms with Gasteiger partial charge in [0.15, 0.2) is 6.61 Å². The fourth-order valence-corrected chi connectivity index (χ4v) is 2.69. The van der Waals surface area contributed by atoms with Crippen LogP contribution in [0.25, 0.3) is 0 Å². The van der Waals surface area contributed by atoms with E-state index in [-0.39, 0.29) is 18.4 Å². The fraction of sp³-hybridized carbons (Fsp3) is 0.579. The van der Waals surface area contributed by atoms with Gasteiger partial charge in [-0.2, -0.15) is 0 Å². The number of anilines is 1. The summed E-state index contributed by atoms with van der Waals surface area (Å²) in [5, 5.41) is 2.91. The molecule has 25 heavy (non-hydrogen) atoms. The Kier molecular flexibility index (Phi) is 8.41. The quantitative estimate of drug-likeness (QED) is 0.680. The number of nitrogens with one attached hydrogen (secondary N) is 1. The van der Waals surface area contributed by atoms with E-state index in [1.165, 1.54) is 0 Å². The Morgan fingerprint density at radius 2 is 1.80 bits per heavy atom. The zero-order chi connectivity index (χ0) is 18.9. The van der Waals surface area contributed by atoms with Crippen LogP contribution in [-0.4, -0.2) is 43.0 Å². The van der Waals surface area contributed by atoms with Crippen LogP contribution in [0.5, 0.6) is 5.75 Å². The van der Waals surface area contributed by atoms with Crippen molar-refractivity contribution < 1.29 is 14.3 Å². The van der Waals surface area contributed by atoms with Gasteiger partial charge >= 0.3 is 0 Å². The lowest BCUT2D eigenvalue weighted by molar-refractivity contribution is -0.133. The van der Waals surface area contributed by atoms with Crippen molar-refractivity contribution in [1.82, 2.24) is 4.90 Å². The summed E-state index contributed by atoms with van der Waals surface area (Å²) in [4.78, 5) is 26.3. The van der Waals surface area contributed by atoms with E-state index in [1.54, 1.807) is 29.2 Å². The molecule has 0 fully saturated rings. The van der Waals surface area contributed by atoms with E-state index in [1.807, 2.05) is 27.7 Å². The molecule has 0 bridgehead atoms. The van der Waals surface area contributed by atoms with E-state index in [0.717, 1.165) is 0 Å². The Labute approximate surface area is 150 Å². The summed E-state index contributed by atoms with van der Waals surface area (Å²) in [5.74, 6) is 0.402. The molecule has 0 heterocycles. The molecular weight excluding hydrogens is 318 g/mol. The van der Waals surface area contributed by atoms with Gasteiger partial charge in [-0.05, 0) is 38.8 Å². The molecule has 0 aliphatic carbocycles. The Bertz CT molecular complexity index is 559. The molecule has 0 spiro atoms. The molecule has 0 aromatic heterocycles. The smallest absolute Gasteiger partial charge is 0.260 e. The van der Waals surface area contributed by atoms with Crippen LogP contribution in [0.2, 0.25) is 0 Å². The fourth-order valence-electron chi connectivity index (χ4n) is 2.69. The molecule has 6 nitrogen and oxygen atoms in total. The van der Waals surface area contributed by atoms with Crippen LogP contribution in [0, 0.1) is 5.41 Å². The predicted octanol–water partition coefficient (Wildman–Crippen LogP) is 2.64. The van der Waals surface area contributed by atoms with Gasteiger partial charge < -0.3 is 20.7 Å². The molecule has 2 amide bonds. The zero-order valence-corrected chi connectivity index (χ0v) is 15.8. The molecule has 1 aromatic rings. The van der Waals surface area contributed by atoms with Crippen molar-refractivity contribution in [3.05, 3.63) is 24.3 Å². The third kappa shape index (κ3) is 5.46. The van der Waals surface area contributed by atoms with Crippen molar-refractivity contribution >= 4 is 17.5 Å². The first-order chi connectivity index (χ1) is 12.0. The number of nitrogens with two attached hydrogens (primary N) is 1. The summed E-state index contributed by atoms with van der Waals surface area (Å²) >= 11 is 0. The van der Waals surface area contributed by atoms with Gasteiger partial charge in [0.1, 0.15) is 5.75 Å². The number of rotatable bonds is 10. The van der Waals surface area contributed by atoms with Gasteiger partial charge in [0.25, 0.3) is 5.91 Å². The summed E-state index contributed by atoms with van der Waals surface area (Å²) in [6.45, 7) is 9.40. The number of benzene rings is 1. The van der Waals surface area contributed by atoms with Gasteiger partial charge in [-0.25, -0.2) is 0 Å². The molecule has 3 N–H and O–H groups in total. The van der Waals surface area contributed by atoms with Crippen LogP contribution < -0.4 is 15.8 Å². The van der Waals surface area contributed by atoms with Crippen molar-refractivity contribution in [3.63, 3.8) is 0 Å². The molecular formula is C19H31N3O3. The number of ether oxygens (including phenoxy) is 1. The van der Waals surface area contributed by atoms with E-state index in [0.29, 0.717) is 43.9 Å². The van der Waals surface area contributed by atoms with Crippen LogP contribution in [-0.2, 0) is 9.59 Å². The molecule has 0 radical (unpaired) electrons. The number of carbonyl (C=O) groups excluding carboxylic acids is 2. The minimum Gasteiger partial charge on any atom is -0.484 e. The maximum absolute atomic E-state index is 12.6. The molecule has 0 saturated carbocycles. The highest BCUT2D eigenvalue weighted by Crippen LogP contribution is 2.27. The lowest BCUT2D eigenvalue weighted by Crippen LogP contribution is -2.41. The molecule has 1 rings (SSSR count). The largest absolute Gasteiger partial charge is 0.484 e. The van der Waals surface area contributed by atoms with Crippen molar-refractivity contribution in [2.24, 2.45) is 11.1 Å². The van der Waals surface area contributed by atoms with Crippen molar-refractivity contribution in [2.45, 2.75) is 40.5 Å². The number of carbonyl (C=O) groups is 2. The Balaban J connectivity index is 2.75. The second-order valence-corrected chi connectivity index (χ2v) is 6.03. The minimum atomic E-state index is -0.560. The van der Waals surface area contributed by atoms with Gasteiger partial charge in [0, 0.05) is 31.4 Å². The molecule has 6 heteroatoms. The molecule has 0 saturated heterocycles. The van der Waals surface area contributed by atoms with Gasteiger partial charge in [-0.1, -0.05) is 19.9 Å². The highest BCUT2D eigenvalue weighted by molar-refractivity contribution is 5.95. The highest BCUT2D eigenvalue weighted by atomic mass is 16.5. The van der Waals surface area contributed by atoms with Gasteiger partial charge in [-0.3, -0.25) is 9.59 Å². The number of likely N-dealkylation sites (N-methyl/N-ethyl adjacent to an activating group) is 1. The summed E-state index contributed by atoms with van der Waals surface area (Å²) in [7, 11) is 0. The first-order valence-electron chi connectivity index (χ1n) is 8.98. The zero-order valence-electron chi connectivity index (χ0n) is 15.8. The summed E-state index contributed by atoms with van der Waals surface area (Å²) in [5.41, 5.74) is 5.90. The Morgan fingerprint density at radius 3 is 2.32 bits per heavy atom. The predicted molar refractivity (Wildman–Crippen MR) is 101 cm³/mol. The van der Waals surface area contributed by atoms with Crippen LogP contribution in [0.1, 0.15) is 40.5 Å². The number of amides is 2. The normalized spacial score (nSPS) is 11.1. The Hall–Kier alpha value is -2.08. The highest BCUT2D eigenvalue weighted by Gasteiger charge is 2.33. The summed E-state index contributed by atoms with van der Waals surface area (Å²) in [6, 6.07) is 7.07. The summed E-state index contributed by atoms with van der Waals surface area (Å²) in [6.07, 6.45) is 1.36. The molecule has 140 valence electrons. The number of hydrogen-bond donors (Lipinski definition) is 2. The van der Waals surface area contributed by atoms with E-state index in [9.17, 15) is 9.59 Å². The molecule has 0 atom stereocenters. The van der Waals surface area contributed by atoms with Crippen LogP contribution >= 0.6 is 0 Å². The summed E-state index contributed by atoms with van der Waals surface area (Å²) < 4.78 is 5.57. The topological polar surface area (TPSA) is 84.7 Å². The lowest BCUT2D eigenvalue weighted by Gasteiger charge is -2.28. The SMILES string of the molecule is CCN(CC)C(=O)COc1cccc(NC(=O)C(CC)(CC)CN)c1. The molecule has 0 aliphatic rings. The number of hydrogen-bond acceptors (Lipinski definition) is 4. The lowest BCUT2D eigenvalue weighted by atomic mass is 9.81.